The van der Waals surface area contributed by atoms with Crippen LogP contribution in [0.5, 0.6) is 0 Å². The summed E-state index contributed by atoms with van der Waals surface area (Å²) in [6.45, 7) is 0.752. The quantitative estimate of drug-likeness (QED) is 0.644. The second kappa shape index (κ2) is 6.27. The van der Waals surface area contributed by atoms with Crippen LogP contribution in [0.15, 0.2) is 12.4 Å². The summed E-state index contributed by atoms with van der Waals surface area (Å²) < 4.78 is 0. The fourth-order valence-corrected chi connectivity index (χ4v) is 2.41. The molecule has 0 amide bonds. The first-order valence-corrected chi connectivity index (χ1v) is 6.53. The predicted molar refractivity (Wildman–Crippen MR) is 70.5 cm³/mol. The minimum atomic E-state index is -0.819. The summed E-state index contributed by atoms with van der Waals surface area (Å²) in [6.07, 6.45) is 5.95. The lowest BCUT2D eigenvalue weighted by Gasteiger charge is -2.35. The molecule has 2 heterocycles. The van der Waals surface area contributed by atoms with Gasteiger partial charge in [-0.2, -0.15) is 0 Å². The lowest BCUT2D eigenvalue weighted by molar-refractivity contribution is -0.385. The topological polar surface area (TPSA) is 109 Å². The van der Waals surface area contributed by atoms with Gasteiger partial charge in [-0.3, -0.25) is 14.9 Å². The minimum absolute atomic E-state index is 0.0845. The average Bonchev–Trinajstić information content (AvgIpc) is 2.45. The van der Waals surface area contributed by atoms with Crippen molar-refractivity contribution in [2.45, 2.75) is 38.1 Å². The van der Waals surface area contributed by atoms with Crippen LogP contribution in [-0.2, 0) is 4.79 Å². The Labute approximate surface area is 115 Å². The van der Waals surface area contributed by atoms with Crippen LogP contribution in [0.1, 0.15) is 32.1 Å². The highest BCUT2D eigenvalue weighted by Crippen LogP contribution is 2.25. The third-order valence-electron chi connectivity index (χ3n) is 3.41. The lowest BCUT2D eigenvalue weighted by Crippen LogP contribution is -2.40. The smallest absolute Gasteiger partial charge is 0.305 e. The normalized spacial score (nSPS) is 18.8. The van der Waals surface area contributed by atoms with Crippen LogP contribution >= 0.6 is 0 Å². The second-order valence-electron chi connectivity index (χ2n) is 4.77. The molecule has 1 unspecified atom stereocenters. The molecular formula is C12H16N4O4. The first-order valence-electron chi connectivity index (χ1n) is 6.53. The van der Waals surface area contributed by atoms with E-state index in [1.165, 1.54) is 12.4 Å². The van der Waals surface area contributed by atoms with Crippen LogP contribution in [0.2, 0.25) is 0 Å². The van der Waals surface area contributed by atoms with Gasteiger partial charge in [0, 0.05) is 19.0 Å². The molecule has 0 radical (unpaired) electrons. The Kier molecular flexibility index (Phi) is 4.44. The number of nitro groups is 1. The monoisotopic (exact) mass is 280 g/mol. The molecule has 2 rings (SSSR count). The zero-order valence-electron chi connectivity index (χ0n) is 10.9. The van der Waals surface area contributed by atoms with Crippen molar-refractivity contribution in [2.75, 3.05) is 11.4 Å². The number of carbonyl (C=O) groups is 1. The number of piperidine rings is 1. The van der Waals surface area contributed by atoms with E-state index in [-0.39, 0.29) is 18.2 Å². The minimum Gasteiger partial charge on any atom is -0.481 e. The van der Waals surface area contributed by atoms with Crippen LogP contribution < -0.4 is 4.90 Å². The molecule has 1 aromatic heterocycles. The third-order valence-corrected chi connectivity index (χ3v) is 3.41. The summed E-state index contributed by atoms with van der Waals surface area (Å²) in [5.74, 6) is -0.383. The van der Waals surface area contributed by atoms with Gasteiger partial charge in [-0.05, 0) is 25.7 Å². The SMILES string of the molecule is O=C(O)CCC1CCCCN1c1ncc([N+](=O)[O-])cn1. The van der Waals surface area contributed by atoms with E-state index in [0.717, 1.165) is 25.8 Å². The number of hydrogen-bond acceptors (Lipinski definition) is 6. The molecule has 0 saturated carbocycles. The van der Waals surface area contributed by atoms with Crippen molar-refractivity contribution >= 4 is 17.6 Å². The summed E-state index contributed by atoms with van der Waals surface area (Å²) >= 11 is 0. The molecule has 108 valence electrons. The Hall–Kier alpha value is -2.25. The Morgan fingerprint density at radius 2 is 2.15 bits per heavy atom. The molecule has 0 aliphatic carbocycles. The molecule has 20 heavy (non-hydrogen) atoms. The second-order valence-corrected chi connectivity index (χ2v) is 4.77. The predicted octanol–water partition coefficient (Wildman–Crippen LogP) is 1.61. The van der Waals surface area contributed by atoms with Crippen LogP contribution in [0.3, 0.4) is 0 Å². The van der Waals surface area contributed by atoms with Crippen molar-refractivity contribution in [3.63, 3.8) is 0 Å². The van der Waals surface area contributed by atoms with E-state index >= 15 is 0 Å². The van der Waals surface area contributed by atoms with E-state index in [0.29, 0.717) is 12.4 Å². The molecule has 0 spiro atoms. The van der Waals surface area contributed by atoms with Crippen LogP contribution in [-0.4, -0.2) is 38.6 Å². The number of aromatic nitrogens is 2. The van der Waals surface area contributed by atoms with Crippen molar-refractivity contribution < 1.29 is 14.8 Å². The lowest BCUT2D eigenvalue weighted by atomic mass is 9.98. The van der Waals surface area contributed by atoms with Gasteiger partial charge < -0.3 is 10.0 Å². The maximum Gasteiger partial charge on any atom is 0.305 e. The number of rotatable bonds is 5. The molecule has 0 bridgehead atoms. The molecule has 1 aliphatic rings. The van der Waals surface area contributed by atoms with E-state index in [4.69, 9.17) is 5.11 Å². The van der Waals surface area contributed by atoms with Crippen LogP contribution in [0.4, 0.5) is 11.6 Å². The summed E-state index contributed by atoms with van der Waals surface area (Å²) in [6, 6.07) is 0.0845. The molecule has 1 atom stereocenters. The highest BCUT2D eigenvalue weighted by atomic mass is 16.6. The number of hydrogen-bond donors (Lipinski definition) is 1. The molecule has 8 nitrogen and oxygen atoms in total. The van der Waals surface area contributed by atoms with Gasteiger partial charge in [-0.15, -0.1) is 0 Å². The Bertz CT molecular complexity index is 491. The Balaban J connectivity index is 2.10. The molecule has 0 aromatic carbocycles. The van der Waals surface area contributed by atoms with E-state index in [1.54, 1.807) is 0 Å². The van der Waals surface area contributed by atoms with Crippen LogP contribution in [0.25, 0.3) is 0 Å². The molecule has 1 aromatic rings. The standard InChI is InChI=1S/C12H16N4O4/c17-11(18)5-4-9-3-1-2-6-15(9)12-13-7-10(8-14-12)16(19)20/h7-9H,1-6H2,(H,17,18). The molecular weight excluding hydrogens is 264 g/mol. The number of anilines is 1. The Morgan fingerprint density at radius 1 is 1.45 bits per heavy atom. The van der Waals surface area contributed by atoms with Crippen molar-refractivity contribution in [3.05, 3.63) is 22.5 Å². The number of aliphatic carboxylic acids is 1. The summed E-state index contributed by atoms with van der Waals surface area (Å²) in [4.78, 5) is 30.7. The van der Waals surface area contributed by atoms with Gasteiger partial charge in [0.2, 0.25) is 5.95 Å². The van der Waals surface area contributed by atoms with Crippen molar-refractivity contribution in [1.29, 1.82) is 0 Å². The first kappa shape index (κ1) is 14.2. The summed E-state index contributed by atoms with van der Waals surface area (Å²) in [7, 11) is 0. The molecule has 1 aliphatic heterocycles. The summed E-state index contributed by atoms with van der Waals surface area (Å²) in [5, 5.41) is 19.4. The zero-order valence-corrected chi connectivity index (χ0v) is 10.9. The highest BCUT2D eigenvalue weighted by molar-refractivity contribution is 5.66. The van der Waals surface area contributed by atoms with Gasteiger partial charge in [-0.1, -0.05) is 0 Å². The van der Waals surface area contributed by atoms with E-state index < -0.39 is 10.9 Å². The van der Waals surface area contributed by atoms with E-state index in [9.17, 15) is 14.9 Å². The largest absolute Gasteiger partial charge is 0.481 e. The molecule has 1 fully saturated rings. The fraction of sp³-hybridized carbons (Fsp3) is 0.583. The summed E-state index contributed by atoms with van der Waals surface area (Å²) in [5.41, 5.74) is -0.146. The van der Waals surface area contributed by atoms with Crippen molar-refractivity contribution in [2.24, 2.45) is 0 Å². The van der Waals surface area contributed by atoms with Gasteiger partial charge in [0.25, 0.3) is 0 Å². The third kappa shape index (κ3) is 3.40. The highest BCUT2D eigenvalue weighted by Gasteiger charge is 2.25. The molecule has 1 N–H and O–H groups in total. The number of carboxylic acid groups (broad SMARTS) is 1. The average molecular weight is 280 g/mol. The molecule has 1 saturated heterocycles. The number of carboxylic acids is 1. The Morgan fingerprint density at radius 3 is 2.75 bits per heavy atom. The van der Waals surface area contributed by atoms with Gasteiger partial charge in [-0.25, -0.2) is 9.97 Å². The maximum absolute atomic E-state index is 10.7. The van der Waals surface area contributed by atoms with Crippen molar-refractivity contribution in [1.82, 2.24) is 9.97 Å². The first-order chi connectivity index (χ1) is 9.58. The number of nitrogens with zero attached hydrogens (tertiary/aromatic N) is 4. The zero-order chi connectivity index (χ0) is 14.5. The van der Waals surface area contributed by atoms with Gasteiger partial charge in [0.1, 0.15) is 12.4 Å². The van der Waals surface area contributed by atoms with Gasteiger partial charge in [0.15, 0.2) is 0 Å². The van der Waals surface area contributed by atoms with Crippen molar-refractivity contribution in [3.8, 4) is 0 Å². The van der Waals surface area contributed by atoms with Crippen LogP contribution in [0, 0.1) is 10.1 Å². The van der Waals surface area contributed by atoms with E-state index in [2.05, 4.69) is 9.97 Å². The fourth-order valence-electron chi connectivity index (χ4n) is 2.41. The van der Waals surface area contributed by atoms with Gasteiger partial charge in [0.05, 0.1) is 4.92 Å². The van der Waals surface area contributed by atoms with Gasteiger partial charge >= 0.3 is 11.7 Å². The van der Waals surface area contributed by atoms with E-state index in [1.807, 2.05) is 4.90 Å². The maximum atomic E-state index is 10.7. The molecule has 8 heteroatoms.